The highest BCUT2D eigenvalue weighted by Crippen LogP contribution is 2.32. The van der Waals surface area contributed by atoms with E-state index in [9.17, 15) is 4.79 Å². The van der Waals surface area contributed by atoms with Gasteiger partial charge in [-0.3, -0.25) is 4.79 Å². The van der Waals surface area contributed by atoms with Gasteiger partial charge in [-0.1, -0.05) is 115 Å². The molecule has 0 radical (unpaired) electrons. The van der Waals surface area contributed by atoms with Crippen LogP contribution in [0.25, 0.3) is 78.4 Å². The first kappa shape index (κ1) is 26.4. The highest BCUT2D eigenvalue weighted by atomic mass is 16.3. The van der Waals surface area contributed by atoms with E-state index in [0.717, 1.165) is 38.9 Å². The molecule has 0 bridgehead atoms. The molecule has 0 aliphatic carbocycles. The van der Waals surface area contributed by atoms with Crippen molar-refractivity contribution in [3.05, 3.63) is 162 Å². The van der Waals surface area contributed by atoms with Crippen LogP contribution in [0.3, 0.4) is 0 Å². The fraction of sp³-hybridized carbons (Fsp3) is 0. The van der Waals surface area contributed by atoms with Crippen molar-refractivity contribution in [1.29, 1.82) is 0 Å². The first-order valence-corrected chi connectivity index (χ1v) is 14.7. The second-order valence-electron chi connectivity index (χ2n) is 10.8. The molecule has 6 aromatic carbocycles. The Balaban J connectivity index is 1.20. The minimum absolute atomic E-state index is 0.0281. The number of rotatable bonds is 5. The number of para-hydroxylation sites is 1. The fourth-order valence-electron chi connectivity index (χ4n) is 5.64. The van der Waals surface area contributed by atoms with Crippen LogP contribution < -0.4 is 5.43 Å². The van der Waals surface area contributed by atoms with Gasteiger partial charge in [0.25, 0.3) is 0 Å². The largest absolute Gasteiger partial charge is 0.456 e. The van der Waals surface area contributed by atoms with Gasteiger partial charge in [-0.2, -0.15) is 0 Å². The maximum atomic E-state index is 13.3. The summed E-state index contributed by atoms with van der Waals surface area (Å²) in [5.41, 5.74) is 7.92. The van der Waals surface area contributed by atoms with Crippen molar-refractivity contribution in [3.63, 3.8) is 0 Å². The number of hydrogen-bond donors (Lipinski definition) is 0. The molecular formula is C40H25N3O2. The van der Waals surface area contributed by atoms with Gasteiger partial charge in [0.1, 0.15) is 11.2 Å². The molecule has 0 saturated carbocycles. The number of benzene rings is 6. The van der Waals surface area contributed by atoms with Crippen LogP contribution in [-0.2, 0) is 0 Å². The van der Waals surface area contributed by atoms with Crippen molar-refractivity contribution in [3.8, 4) is 56.4 Å². The molecule has 0 unspecified atom stereocenters. The van der Waals surface area contributed by atoms with Gasteiger partial charge in [0.2, 0.25) is 5.43 Å². The quantitative estimate of drug-likeness (QED) is 0.190. The number of hydrogen-bond acceptors (Lipinski definition) is 5. The summed E-state index contributed by atoms with van der Waals surface area (Å²) < 4.78 is 6.02. The van der Waals surface area contributed by atoms with Gasteiger partial charge in [0, 0.05) is 16.7 Å². The Kier molecular flexibility index (Phi) is 6.54. The van der Waals surface area contributed by atoms with Crippen LogP contribution in [0.15, 0.2) is 161 Å². The second-order valence-corrected chi connectivity index (χ2v) is 10.8. The van der Waals surface area contributed by atoms with E-state index in [2.05, 4.69) is 30.3 Å². The lowest BCUT2D eigenvalue weighted by Gasteiger charge is -2.10. The Morgan fingerprint density at radius 1 is 0.356 bits per heavy atom. The second kappa shape index (κ2) is 11.1. The zero-order valence-electron chi connectivity index (χ0n) is 24.1. The van der Waals surface area contributed by atoms with Crippen molar-refractivity contribution >= 4 is 21.9 Å². The molecule has 0 atom stereocenters. The van der Waals surface area contributed by atoms with Crippen molar-refractivity contribution in [2.45, 2.75) is 0 Å². The summed E-state index contributed by atoms with van der Waals surface area (Å²) in [4.78, 5) is 27.9. The normalized spacial score (nSPS) is 11.2. The predicted octanol–water partition coefficient (Wildman–Crippen LogP) is 9.47. The molecule has 8 aromatic rings. The Hall–Kier alpha value is -6.20. The standard InChI is InChI=1S/C40H25N3O2/c44-37-33-19-7-8-20-35(33)45-36-22-21-31(25-34(36)37)29-16-9-15-28(23-29)30-17-10-18-32(24-30)40-42-38(26-11-3-1-4-12-26)41-39(43-40)27-13-5-2-6-14-27/h1-25H. The lowest BCUT2D eigenvalue weighted by atomic mass is 9.97. The van der Waals surface area contributed by atoms with E-state index < -0.39 is 0 Å². The molecule has 45 heavy (non-hydrogen) atoms. The van der Waals surface area contributed by atoms with Gasteiger partial charge >= 0.3 is 0 Å². The third kappa shape index (κ3) is 5.07. The molecule has 212 valence electrons. The van der Waals surface area contributed by atoms with E-state index in [0.29, 0.717) is 39.4 Å². The van der Waals surface area contributed by atoms with Crippen molar-refractivity contribution in [2.24, 2.45) is 0 Å². The molecule has 0 aliphatic heterocycles. The lowest BCUT2D eigenvalue weighted by Crippen LogP contribution is -2.01. The van der Waals surface area contributed by atoms with Gasteiger partial charge < -0.3 is 4.42 Å². The lowest BCUT2D eigenvalue weighted by molar-refractivity contribution is 0.660. The molecule has 5 heteroatoms. The number of nitrogens with zero attached hydrogens (tertiary/aromatic N) is 3. The van der Waals surface area contributed by atoms with Crippen LogP contribution in [0.2, 0.25) is 0 Å². The van der Waals surface area contributed by atoms with E-state index in [1.807, 2.05) is 115 Å². The van der Waals surface area contributed by atoms with Crippen molar-refractivity contribution < 1.29 is 4.42 Å². The van der Waals surface area contributed by atoms with Crippen LogP contribution in [0.1, 0.15) is 0 Å². The highest BCUT2D eigenvalue weighted by molar-refractivity contribution is 5.92. The molecule has 0 spiro atoms. The first-order chi connectivity index (χ1) is 22.2. The monoisotopic (exact) mass is 579 g/mol. The summed E-state index contributed by atoms with van der Waals surface area (Å²) in [5, 5.41) is 1.15. The number of fused-ring (bicyclic) bond motifs is 2. The Morgan fingerprint density at radius 3 is 1.42 bits per heavy atom. The number of aromatic nitrogens is 3. The van der Waals surface area contributed by atoms with Crippen LogP contribution in [-0.4, -0.2) is 15.0 Å². The highest BCUT2D eigenvalue weighted by Gasteiger charge is 2.14. The molecule has 0 fully saturated rings. The molecule has 0 amide bonds. The third-order valence-corrected chi connectivity index (χ3v) is 7.93. The topological polar surface area (TPSA) is 68.9 Å². The average molecular weight is 580 g/mol. The Morgan fingerprint density at radius 2 is 0.800 bits per heavy atom. The van der Waals surface area contributed by atoms with Gasteiger partial charge in [-0.05, 0) is 58.7 Å². The third-order valence-electron chi connectivity index (χ3n) is 7.93. The van der Waals surface area contributed by atoms with Gasteiger partial charge in [0.15, 0.2) is 17.5 Å². The summed E-state index contributed by atoms with van der Waals surface area (Å²) in [6.07, 6.45) is 0. The fourth-order valence-corrected chi connectivity index (χ4v) is 5.64. The van der Waals surface area contributed by atoms with Crippen molar-refractivity contribution in [2.75, 3.05) is 0 Å². The Labute approximate surface area is 259 Å². The minimum atomic E-state index is -0.0281. The molecule has 8 rings (SSSR count). The maximum absolute atomic E-state index is 13.3. The van der Waals surface area contributed by atoms with Gasteiger partial charge in [-0.15, -0.1) is 0 Å². The minimum Gasteiger partial charge on any atom is -0.456 e. The molecule has 2 heterocycles. The van der Waals surface area contributed by atoms with Crippen LogP contribution in [0, 0.1) is 0 Å². The molecule has 0 aliphatic rings. The van der Waals surface area contributed by atoms with E-state index in [1.54, 1.807) is 6.07 Å². The molecule has 2 aromatic heterocycles. The molecule has 0 N–H and O–H groups in total. The summed E-state index contributed by atoms with van der Waals surface area (Å²) in [6, 6.07) is 49.7. The zero-order chi connectivity index (χ0) is 30.2. The van der Waals surface area contributed by atoms with Gasteiger partial charge in [0.05, 0.1) is 10.8 Å². The Bertz CT molecular complexity index is 2340. The van der Waals surface area contributed by atoms with Crippen molar-refractivity contribution in [1.82, 2.24) is 15.0 Å². The van der Waals surface area contributed by atoms with Crippen LogP contribution in [0.4, 0.5) is 0 Å². The van der Waals surface area contributed by atoms with E-state index in [-0.39, 0.29) is 5.43 Å². The SMILES string of the molecule is O=c1c2ccccc2oc2ccc(-c3cccc(-c4cccc(-c5nc(-c6ccccc6)nc(-c6ccccc6)n5)c4)c3)cc12. The summed E-state index contributed by atoms with van der Waals surface area (Å²) in [6.45, 7) is 0. The molecule has 5 nitrogen and oxygen atoms in total. The summed E-state index contributed by atoms with van der Waals surface area (Å²) >= 11 is 0. The smallest absolute Gasteiger partial charge is 0.200 e. The van der Waals surface area contributed by atoms with Crippen LogP contribution >= 0.6 is 0 Å². The zero-order valence-corrected chi connectivity index (χ0v) is 24.1. The molecule has 0 saturated heterocycles. The molecular weight excluding hydrogens is 554 g/mol. The van der Waals surface area contributed by atoms with E-state index in [4.69, 9.17) is 19.4 Å². The first-order valence-electron chi connectivity index (χ1n) is 14.7. The summed E-state index contributed by atoms with van der Waals surface area (Å²) in [5.74, 6) is 1.86. The maximum Gasteiger partial charge on any atom is 0.200 e. The van der Waals surface area contributed by atoms with E-state index in [1.165, 1.54) is 0 Å². The summed E-state index contributed by atoms with van der Waals surface area (Å²) in [7, 11) is 0. The predicted molar refractivity (Wildman–Crippen MR) is 181 cm³/mol. The van der Waals surface area contributed by atoms with Gasteiger partial charge in [-0.25, -0.2) is 15.0 Å². The van der Waals surface area contributed by atoms with E-state index >= 15 is 0 Å². The average Bonchev–Trinajstić information content (AvgIpc) is 3.12. The van der Waals surface area contributed by atoms with Crippen LogP contribution in [0.5, 0.6) is 0 Å².